The molecule has 0 aromatic rings. The number of rotatable bonds is 0. The maximum Gasteiger partial charge on any atom is -0.0533 e. The zero-order chi connectivity index (χ0) is 8.95. The van der Waals surface area contributed by atoms with Crippen molar-refractivity contribution < 1.29 is 0 Å². The van der Waals surface area contributed by atoms with Gasteiger partial charge in [-0.25, -0.2) is 0 Å². The summed E-state index contributed by atoms with van der Waals surface area (Å²) in [6.07, 6.45) is 10.5. The Morgan fingerprint density at radius 1 is 0.385 bits per heavy atom. The molecule has 0 radical (unpaired) electrons. The zero-order valence-electron chi connectivity index (χ0n) is 8.95. The molecule has 0 amide bonds. The fourth-order valence-corrected chi connectivity index (χ4v) is 1.24. The van der Waals surface area contributed by atoms with Crippen LogP contribution in [0.2, 0.25) is 0 Å². The van der Waals surface area contributed by atoms with E-state index >= 15 is 0 Å². The van der Waals surface area contributed by atoms with Gasteiger partial charge in [0.2, 0.25) is 0 Å². The van der Waals surface area contributed by atoms with Crippen molar-refractivity contribution in [3.63, 3.8) is 0 Å². The number of hydrogen-bond donors (Lipinski definition) is 0. The average Bonchev–Trinajstić information content (AvgIpc) is 2.42. The van der Waals surface area contributed by atoms with Crippen LogP contribution in [0.3, 0.4) is 0 Å². The van der Waals surface area contributed by atoms with Gasteiger partial charge in [0, 0.05) is 0 Å². The monoisotopic (exact) mass is 190 g/mol. The molecule has 1 saturated carbocycles. The second-order valence-corrected chi connectivity index (χ2v) is 2.47. The Morgan fingerprint density at radius 2 is 0.462 bits per heavy atom. The predicted octanol–water partition coefficient (Wildman–Crippen LogP) is 6.06. The first-order chi connectivity index (χ1) is 5.50. The summed E-state index contributed by atoms with van der Waals surface area (Å²) in [5.41, 5.74) is 0. The van der Waals surface area contributed by atoms with Gasteiger partial charge in [0.25, 0.3) is 0 Å². The molecule has 86 valence electrons. The van der Waals surface area contributed by atoms with Crippen molar-refractivity contribution in [2.45, 2.75) is 87.5 Å². The molecule has 1 aliphatic carbocycles. The van der Waals surface area contributed by atoms with E-state index in [1.807, 2.05) is 27.7 Å². The molecule has 1 fully saturated rings. The highest BCUT2D eigenvalue weighted by molar-refractivity contribution is 4.51. The fraction of sp³-hybridized carbons (Fsp3) is 1.00. The summed E-state index contributed by atoms with van der Waals surface area (Å²) in [7, 11) is 0. The molecular formula is C13H34. The summed E-state index contributed by atoms with van der Waals surface area (Å²) in [6.45, 7) is 8.00. The second-order valence-electron chi connectivity index (χ2n) is 2.47. The largest absolute Gasteiger partial charge is 0.0776 e. The summed E-state index contributed by atoms with van der Waals surface area (Å²) >= 11 is 0. The summed E-state index contributed by atoms with van der Waals surface area (Å²) in [5, 5.41) is 0. The van der Waals surface area contributed by atoms with Crippen LogP contribution in [-0.4, -0.2) is 0 Å². The number of hydrogen-bond acceptors (Lipinski definition) is 0. The third-order valence-electron chi connectivity index (χ3n) is 1.75. The van der Waals surface area contributed by atoms with Gasteiger partial charge in [-0.2, -0.15) is 0 Å². The smallest absolute Gasteiger partial charge is 0.0533 e. The molecule has 0 heterocycles. The molecular weight excluding hydrogens is 156 g/mol. The maximum atomic E-state index is 2.00. The van der Waals surface area contributed by atoms with E-state index in [9.17, 15) is 0 Å². The Morgan fingerprint density at radius 3 is 0.538 bits per heavy atom. The highest BCUT2D eigenvalue weighted by Crippen LogP contribution is 2.15. The fourth-order valence-electron chi connectivity index (χ4n) is 1.24. The minimum absolute atomic E-state index is 0. The Hall–Kier alpha value is 0. The summed E-state index contributed by atoms with van der Waals surface area (Å²) in [5.74, 6) is 0. The lowest BCUT2D eigenvalue weighted by Crippen LogP contribution is -1.66. The zero-order valence-corrected chi connectivity index (χ0v) is 8.95. The molecule has 0 N–H and O–H groups in total. The molecule has 0 atom stereocenters. The molecule has 0 saturated heterocycles. The van der Waals surface area contributed by atoms with Crippen molar-refractivity contribution in [1.82, 2.24) is 0 Å². The van der Waals surface area contributed by atoms with Crippen LogP contribution in [0.4, 0.5) is 0 Å². The van der Waals surface area contributed by atoms with Crippen LogP contribution < -0.4 is 0 Å². The molecule has 0 heteroatoms. The Kier molecular flexibility index (Phi) is 52.7. The molecule has 13 heavy (non-hydrogen) atoms. The third-order valence-corrected chi connectivity index (χ3v) is 1.75. The van der Waals surface area contributed by atoms with Gasteiger partial charge < -0.3 is 0 Å². The Balaban J connectivity index is -0.0000000607. The molecule has 0 nitrogen and oxygen atoms in total. The van der Waals surface area contributed by atoms with Crippen LogP contribution in [0.25, 0.3) is 0 Å². The van der Waals surface area contributed by atoms with Crippen molar-refractivity contribution in [2.24, 2.45) is 0 Å². The molecule has 0 aromatic carbocycles. The first kappa shape index (κ1) is 23.1. The normalized spacial score (nSPS) is 13.8. The van der Waals surface area contributed by atoms with E-state index in [0.717, 1.165) is 0 Å². The molecule has 0 aliphatic heterocycles. The lowest BCUT2D eigenvalue weighted by Gasteiger charge is -1.85. The van der Waals surface area contributed by atoms with Gasteiger partial charge >= 0.3 is 0 Å². The predicted molar refractivity (Wildman–Crippen MR) is 68.5 cm³/mol. The van der Waals surface area contributed by atoms with E-state index in [4.69, 9.17) is 0 Å². The second kappa shape index (κ2) is 29.6. The van der Waals surface area contributed by atoms with Gasteiger partial charge in [0.15, 0.2) is 0 Å². The first-order valence-corrected chi connectivity index (χ1v) is 5.50. The maximum absolute atomic E-state index is 2.00. The van der Waals surface area contributed by atoms with Crippen LogP contribution in [0.5, 0.6) is 0 Å². The van der Waals surface area contributed by atoms with Crippen LogP contribution >= 0.6 is 0 Å². The topological polar surface area (TPSA) is 0 Å². The van der Waals surface area contributed by atoms with Crippen LogP contribution in [0.1, 0.15) is 87.5 Å². The van der Waals surface area contributed by atoms with E-state index < -0.39 is 0 Å². The van der Waals surface area contributed by atoms with Crippen molar-refractivity contribution in [2.75, 3.05) is 0 Å². The van der Waals surface area contributed by atoms with Gasteiger partial charge in [-0.1, -0.05) is 87.5 Å². The summed E-state index contributed by atoms with van der Waals surface area (Å²) < 4.78 is 0. The van der Waals surface area contributed by atoms with Crippen LogP contribution in [-0.2, 0) is 0 Å². The van der Waals surface area contributed by atoms with Gasteiger partial charge in [0.05, 0.1) is 0 Å². The minimum Gasteiger partial charge on any atom is -0.0776 e. The van der Waals surface area contributed by atoms with E-state index in [1.165, 1.54) is 44.9 Å². The van der Waals surface area contributed by atoms with Crippen molar-refractivity contribution >= 4 is 0 Å². The van der Waals surface area contributed by atoms with Crippen LogP contribution in [0, 0.1) is 0 Å². The Bertz CT molecular complexity index is 19.7. The van der Waals surface area contributed by atoms with E-state index in [2.05, 4.69) is 0 Å². The molecule has 1 rings (SSSR count). The summed E-state index contributed by atoms with van der Waals surface area (Å²) in [4.78, 5) is 0. The SMILES string of the molecule is C.C.C1CCCCCC1.CC.CC. The third kappa shape index (κ3) is 24.5. The standard InChI is InChI=1S/C7H14.2C2H6.2CH4/c1-2-4-6-7-5-3-1;2*1-2;;/h1-7H2;2*1-2H3;2*1H4. The highest BCUT2D eigenvalue weighted by atomic mass is 14.0. The van der Waals surface area contributed by atoms with Crippen molar-refractivity contribution in [3.05, 3.63) is 0 Å². The van der Waals surface area contributed by atoms with Gasteiger partial charge in [-0.15, -0.1) is 0 Å². The average molecular weight is 190 g/mol. The lowest BCUT2D eigenvalue weighted by atomic mass is 10.2. The quantitative estimate of drug-likeness (QED) is 0.408. The first-order valence-electron chi connectivity index (χ1n) is 5.50. The van der Waals surface area contributed by atoms with Gasteiger partial charge in [0.1, 0.15) is 0 Å². The molecule has 0 bridgehead atoms. The van der Waals surface area contributed by atoms with Gasteiger partial charge in [-0.05, 0) is 0 Å². The van der Waals surface area contributed by atoms with Crippen LogP contribution in [0.15, 0.2) is 0 Å². The van der Waals surface area contributed by atoms with Gasteiger partial charge in [-0.3, -0.25) is 0 Å². The van der Waals surface area contributed by atoms with E-state index in [1.54, 1.807) is 0 Å². The molecule has 0 spiro atoms. The minimum atomic E-state index is 0. The van der Waals surface area contributed by atoms with Crippen molar-refractivity contribution in [1.29, 1.82) is 0 Å². The molecule has 0 unspecified atom stereocenters. The van der Waals surface area contributed by atoms with E-state index in [0.29, 0.717) is 0 Å². The lowest BCUT2D eigenvalue weighted by molar-refractivity contribution is 0.702. The summed E-state index contributed by atoms with van der Waals surface area (Å²) in [6, 6.07) is 0. The highest BCUT2D eigenvalue weighted by Gasteiger charge is 1.95. The molecule has 1 aliphatic rings. The van der Waals surface area contributed by atoms with E-state index in [-0.39, 0.29) is 14.9 Å². The van der Waals surface area contributed by atoms with Crippen molar-refractivity contribution in [3.8, 4) is 0 Å². The Labute approximate surface area is 88.1 Å². The molecule has 0 aromatic heterocycles.